The van der Waals surface area contributed by atoms with E-state index in [1.165, 1.54) is 33.4 Å². The zero-order valence-electron chi connectivity index (χ0n) is 9.96. The molecule has 0 saturated carbocycles. The summed E-state index contributed by atoms with van der Waals surface area (Å²) in [4.78, 5) is 0. The van der Waals surface area contributed by atoms with Crippen molar-refractivity contribution in [2.45, 2.75) is 26.7 Å². The molecule has 1 atom stereocenters. The van der Waals surface area contributed by atoms with E-state index in [0.29, 0.717) is 5.92 Å². The van der Waals surface area contributed by atoms with Gasteiger partial charge in [0.15, 0.2) is 0 Å². The van der Waals surface area contributed by atoms with Gasteiger partial charge in [-0.1, -0.05) is 30.4 Å². The van der Waals surface area contributed by atoms with E-state index in [0.717, 1.165) is 0 Å². The van der Waals surface area contributed by atoms with E-state index >= 15 is 0 Å². The Morgan fingerprint density at radius 1 is 1.06 bits per heavy atom. The van der Waals surface area contributed by atoms with Gasteiger partial charge in [-0.15, -0.1) is 0 Å². The van der Waals surface area contributed by atoms with E-state index in [2.05, 4.69) is 57.2 Å². The van der Waals surface area contributed by atoms with E-state index in [4.69, 9.17) is 0 Å². The summed E-state index contributed by atoms with van der Waals surface area (Å²) in [5, 5.41) is 0. The summed E-state index contributed by atoms with van der Waals surface area (Å²) in [6, 6.07) is 2.33. The lowest BCUT2D eigenvalue weighted by molar-refractivity contribution is 1.03. The van der Waals surface area contributed by atoms with Crippen LogP contribution in [0.1, 0.15) is 33.7 Å². The molecular formula is C16H15. The molecule has 0 heteroatoms. The van der Waals surface area contributed by atoms with Crippen LogP contribution >= 0.6 is 0 Å². The predicted octanol–water partition coefficient (Wildman–Crippen LogP) is 3.91. The van der Waals surface area contributed by atoms with E-state index in [-0.39, 0.29) is 0 Å². The molecule has 0 spiro atoms. The van der Waals surface area contributed by atoms with E-state index in [1.807, 2.05) is 0 Å². The van der Waals surface area contributed by atoms with Gasteiger partial charge >= 0.3 is 0 Å². The minimum atomic E-state index is 0.443. The largest absolute Gasteiger partial charge is 0.0726 e. The quantitative estimate of drug-likeness (QED) is 0.605. The average molecular weight is 207 g/mol. The maximum absolute atomic E-state index is 3.55. The fraction of sp³-hybridized carbons (Fsp3) is 0.250. The van der Waals surface area contributed by atoms with Gasteiger partial charge in [0.25, 0.3) is 0 Å². The lowest BCUT2D eigenvalue weighted by Crippen LogP contribution is -1.99. The van der Waals surface area contributed by atoms with Crippen LogP contribution in [-0.4, -0.2) is 0 Å². The van der Waals surface area contributed by atoms with Gasteiger partial charge in [0, 0.05) is 5.92 Å². The van der Waals surface area contributed by atoms with Crippen molar-refractivity contribution in [1.29, 1.82) is 0 Å². The van der Waals surface area contributed by atoms with Crippen LogP contribution in [0.5, 0.6) is 0 Å². The fourth-order valence-electron chi connectivity index (χ4n) is 2.60. The third-order valence-electron chi connectivity index (χ3n) is 3.82. The van der Waals surface area contributed by atoms with Crippen LogP contribution in [0.4, 0.5) is 0 Å². The normalized spacial score (nSPS) is 20.7. The van der Waals surface area contributed by atoms with E-state index in [1.54, 1.807) is 0 Å². The number of rotatable bonds is 0. The zero-order chi connectivity index (χ0) is 11.3. The summed E-state index contributed by atoms with van der Waals surface area (Å²) in [5.41, 5.74) is 8.24. The molecule has 0 N–H and O–H groups in total. The third-order valence-corrected chi connectivity index (χ3v) is 3.82. The van der Waals surface area contributed by atoms with E-state index in [9.17, 15) is 0 Å². The van der Waals surface area contributed by atoms with Gasteiger partial charge in [-0.05, 0) is 60.2 Å². The molecular weight excluding hydrogens is 192 g/mol. The monoisotopic (exact) mass is 207 g/mol. The SMILES string of the molecule is Cc1cc2c(c(C)c1C)[C]=C1C=CC=CC12. The molecule has 0 aliphatic heterocycles. The van der Waals surface area contributed by atoms with Crippen molar-refractivity contribution >= 4 is 0 Å². The molecule has 2 aliphatic rings. The molecule has 79 valence electrons. The molecule has 3 rings (SSSR count). The fourth-order valence-corrected chi connectivity index (χ4v) is 2.60. The first-order valence-corrected chi connectivity index (χ1v) is 5.78. The first-order valence-electron chi connectivity index (χ1n) is 5.78. The van der Waals surface area contributed by atoms with Crippen LogP contribution in [0.3, 0.4) is 0 Å². The number of hydrogen-bond acceptors (Lipinski definition) is 0. The Morgan fingerprint density at radius 2 is 1.88 bits per heavy atom. The Labute approximate surface area is 97.0 Å². The second kappa shape index (κ2) is 3.21. The molecule has 1 unspecified atom stereocenters. The Balaban J connectivity index is 2.28. The van der Waals surface area contributed by atoms with Crippen LogP contribution in [0.25, 0.3) is 0 Å². The molecule has 0 bridgehead atoms. The van der Waals surface area contributed by atoms with Crippen LogP contribution in [0.2, 0.25) is 0 Å². The smallest absolute Gasteiger partial charge is 0.0285 e. The highest BCUT2D eigenvalue weighted by atomic mass is 14.3. The Bertz CT molecular complexity index is 554. The van der Waals surface area contributed by atoms with Gasteiger partial charge < -0.3 is 0 Å². The summed E-state index contributed by atoms with van der Waals surface area (Å²) < 4.78 is 0. The predicted molar refractivity (Wildman–Crippen MR) is 67.5 cm³/mol. The summed E-state index contributed by atoms with van der Waals surface area (Å²) in [6.45, 7) is 6.60. The maximum atomic E-state index is 3.55. The zero-order valence-corrected chi connectivity index (χ0v) is 9.96. The minimum Gasteiger partial charge on any atom is -0.0726 e. The number of allylic oxidation sites excluding steroid dienone is 5. The molecule has 0 saturated heterocycles. The topological polar surface area (TPSA) is 0 Å². The van der Waals surface area contributed by atoms with Crippen molar-refractivity contribution in [3.05, 3.63) is 69.8 Å². The molecule has 16 heavy (non-hydrogen) atoms. The summed E-state index contributed by atoms with van der Waals surface area (Å²) in [5.74, 6) is 0.443. The summed E-state index contributed by atoms with van der Waals surface area (Å²) >= 11 is 0. The number of fused-ring (bicyclic) bond motifs is 3. The Kier molecular flexibility index (Phi) is 1.94. The lowest BCUT2D eigenvalue weighted by atomic mass is 9.89. The van der Waals surface area contributed by atoms with Gasteiger partial charge in [-0.25, -0.2) is 0 Å². The third kappa shape index (κ3) is 1.16. The molecule has 0 nitrogen and oxygen atoms in total. The van der Waals surface area contributed by atoms with Crippen LogP contribution in [0, 0.1) is 26.8 Å². The molecule has 0 amide bonds. The molecule has 1 aromatic rings. The second-order valence-corrected chi connectivity index (χ2v) is 4.71. The summed E-state index contributed by atoms with van der Waals surface area (Å²) in [7, 11) is 0. The van der Waals surface area contributed by atoms with Crippen molar-refractivity contribution in [3.8, 4) is 0 Å². The molecule has 2 aliphatic carbocycles. The van der Waals surface area contributed by atoms with Gasteiger partial charge in [0.1, 0.15) is 0 Å². The highest BCUT2D eigenvalue weighted by molar-refractivity contribution is 5.60. The van der Waals surface area contributed by atoms with Crippen molar-refractivity contribution in [2.75, 3.05) is 0 Å². The van der Waals surface area contributed by atoms with Gasteiger partial charge in [-0.2, -0.15) is 0 Å². The highest BCUT2D eigenvalue weighted by Gasteiger charge is 2.25. The summed E-state index contributed by atoms with van der Waals surface area (Å²) in [6.07, 6.45) is 12.2. The van der Waals surface area contributed by atoms with Crippen LogP contribution in [0.15, 0.2) is 35.9 Å². The number of benzene rings is 1. The Morgan fingerprint density at radius 3 is 2.69 bits per heavy atom. The molecule has 1 aromatic carbocycles. The van der Waals surface area contributed by atoms with Gasteiger partial charge in [0.2, 0.25) is 0 Å². The van der Waals surface area contributed by atoms with Crippen molar-refractivity contribution in [1.82, 2.24) is 0 Å². The lowest BCUT2D eigenvalue weighted by Gasteiger charge is -2.15. The molecule has 1 radical (unpaired) electrons. The van der Waals surface area contributed by atoms with E-state index < -0.39 is 0 Å². The first kappa shape index (κ1) is 9.65. The minimum absolute atomic E-state index is 0.443. The van der Waals surface area contributed by atoms with Crippen LogP contribution in [-0.2, 0) is 0 Å². The van der Waals surface area contributed by atoms with Crippen LogP contribution < -0.4 is 0 Å². The highest BCUT2D eigenvalue weighted by Crippen LogP contribution is 2.40. The van der Waals surface area contributed by atoms with Crippen molar-refractivity contribution in [3.63, 3.8) is 0 Å². The standard InChI is InChI=1S/C16H15/c1-10-8-16-14-7-5-4-6-13(14)9-15(16)12(3)11(10)2/h4-8,14H,1-3H3. The molecule has 0 heterocycles. The molecule has 0 fully saturated rings. The van der Waals surface area contributed by atoms with Gasteiger partial charge in [-0.3, -0.25) is 0 Å². The second-order valence-electron chi connectivity index (χ2n) is 4.71. The number of hydrogen-bond donors (Lipinski definition) is 0. The van der Waals surface area contributed by atoms with Crippen molar-refractivity contribution in [2.24, 2.45) is 0 Å². The van der Waals surface area contributed by atoms with Crippen molar-refractivity contribution < 1.29 is 0 Å². The maximum Gasteiger partial charge on any atom is 0.0285 e. The average Bonchev–Trinajstić information content (AvgIpc) is 2.65. The first-order chi connectivity index (χ1) is 7.68. The Hall–Kier alpha value is -1.56. The van der Waals surface area contributed by atoms with Gasteiger partial charge in [0.05, 0.1) is 0 Å². The molecule has 0 aromatic heterocycles. The number of aryl methyl sites for hydroxylation is 1.